The summed E-state index contributed by atoms with van der Waals surface area (Å²) in [5.41, 5.74) is 0. The third-order valence-corrected chi connectivity index (χ3v) is 3.45. The minimum absolute atomic E-state index is 0.534. The lowest BCUT2D eigenvalue weighted by Gasteiger charge is -2.39. The predicted molar refractivity (Wildman–Crippen MR) is 63.7 cm³/mol. The second kappa shape index (κ2) is 6.55. The third kappa shape index (κ3) is 3.17. The summed E-state index contributed by atoms with van der Waals surface area (Å²) in [4.78, 5) is 2.58. The molecular formula is C12H24N2O2. The van der Waals surface area contributed by atoms with Gasteiger partial charge in [0.2, 0.25) is 0 Å². The van der Waals surface area contributed by atoms with Gasteiger partial charge in [0.25, 0.3) is 0 Å². The molecule has 16 heavy (non-hydrogen) atoms. The molecule has 2 heterocycles. The zero-order valence-corrected chi connectivity index (χ0v) is 10.3. The molecule has 0 aromatic heterocycles. The highest BCUT2D eigenvalue weighted by molar-refractivity contribution is 4.85. The van der Waals surface area contributed by atoms with Gasteiger partial charge in [0.15, 0.2) is 0 Å². The Morgan fingerprint density at radius 2 is 2.12 bits per heavy atom. The first kappa shape index (κ1) is 12.3. The zero-order valence-electron chi connectivity index (χ0n) is 10.3. The van der Waals surface area contributed by atoms with Gasteiger partial charge in [0.05, 0.1) is 19.8 Å². The molecule has 4 heteroatoms. The Morgan fingerprint density at radius 1 is 1.25 bits per heavy atom. The van der Waals surface area contributed by atoms with E-state index in [0.717, 1.165) is 46.1 Å². The van der Waals surface area contributed by atoms with Crippen molar-refractivity contribution in [3.8, 4) is 0 Å². The summed E-state index contributed by atoms with van der Waals surface area (Å²) >= 11 is 0. The molecule has 0 spiro atoms. The lowest BCUT2D eigenvalue weighted by atomic mass is 10.1. The van der Waals surface area contributed by atoms with E-state index in [-0.39, 0.29) is 0 Å². The largest absolute Gasteiger partial charge is 0.380 e. The van der Waals surface area contributed by atoms with Gasteiger partial charge in [-0.3, -0.25) is 4.90 Å². The van der Waals surface area contributed by atoms with E-state index in [1.165, 1.54) is 12.8 Å². The van der Waals surface area contributed by atoms with Crippen molar-refractivity contribution in [2.24, 2.45) is 0 Å². The number of nitrogens with one attached hydrogen (secondary N) is 1. The molecule has 2 fully saturated rings. The molecule has 2 aliphatic rings. The van der Waals surface area contributed by atoms with Gasteiger partial charge in [-0.05, 0) is 19.4 Å². The lowest BCUT2D eigenvalue weighted by Crippen LogP contribution is -2.54. The molecule has 94 valence electrons. The molecule has 0 bridgehead atoms. The van der Waals surface area contributed by atoms with E-state index < -0.39 is 0 Å². The van der Waals surface area contributed by atoms with Crippen molar-refractivity contribution in [3.05, 3.63) is 0 Å². The summed E-state index contributed by atoms with van der Waals surface area (Å²) in [6.45, 7) is 8.99. The van der Waals surface area contributed by atoms with E-state index >= 15 is 0 Å². The Labute approximate surface area is 98.3 Å². The van der Waals surface area contributed by atoms with Gasteiger partial charge in [0.1, 0.15) is 0 Å². The average Bonchev–Trinajstić information content (AvgIpc) is 2.83. The molecule has 0 amide bonds. The molecule has 1 N–H and O–H groups in total. The van der Waals surface area contributed by atoms with Gasteiger partial charge in [-0.25, -0.2) is 0 Å². The number of hydrogen-bond donors (Lipinski definition) is 1. The van der Waals surface area contributed by atoms with Crippen LogP contribution < -0.4 is 5.32 Å². The number of nitrogens with zero attached hydrogens (tertiary/aromatic N) is 1. The SMILES string of the molecule is CCCNCC1COCCN1C1CCOC1. The summed E-state index contributed by atoms with van der Waals surface area (Å²) < 4.78 is 11.1. The van der Waals surface area contributed by atoms with Crippen LogP contribution in [0.15, 0.2) is 0 Å². The van der Waals surface area contributed by atoms with Gasteiger partial charge < -0.3 is 14.8 Å². The van der Waals surface area contributed by atoms with Crippen LogP contribution in [0, 0.1) is 0 Å². The Bertz CT molecular complexity index is 195. The first-order valence-electron chi connectivity index (χ1n) is 6.53. The smallest absolute Gasteiger partial charge is 0.0635 e. The Morgan fingerprint density at radius 3 is 2.88 bits per heavy atom. The average molecular weight is 228 g/mol. The van der Waals surface area contributed by atoms with Crippen LogP contribution in [0.5, 0.6) is 0 Å². The molecule has 0 aromatic carbocycles. The van der Waals surface area contributed by atoms with Crippen LogP contribution >= 0.6 is 0 Å². The molecule has 0 aliphatic carbocycles. The standard InChI is InChI=1S/C12H24N2O2/c1-2-4-13-8-12-10-16-7-5-14(12)11-3-6-15-9-11/h11-13H,2-10H2,1H3. The quantitative estimate of drug-likeness (QED) is 0.694. The van der Waals surface area contributed by atoms with Gasteiger partial charge in [0, 0.05) is 31.8 Å². The molecular weight excluding hydrogens is 204 g/mol. The topological polar surface area (TPSA) is 33.7 Å². The number of hydrogen-bond acceptors (Lipinski definition) is 4. The van der Waals surface area contributed by atoms with Crippen LogP contribution in [0.1, 0.15) is 19.8 Å². The van der Waals surface area contributed by atoms with Crippen molar-refractivity contribution < 1.29 is 9.47 Å². The molecule has 0 radical (unpaired) electrons. The van der Waals surface area contributed by atoms with Crippen LogP contribution in [0.3, 0.4) is 0 Å². The number of ether oxygens (including phenoxy) is 2. The van der Waals surface area contributed by atoms with Crippen molar-refractivity contribution in [2.45, 2.75) is 31.8 Å². The fourth-order valence-electron chi connectivity index (χ4n) is 2.55. The van der Waals surface area contributed by atoms with E-state index in [9.17, 15) is 0 Å². The highest BCUT2D eigenvalue weighted by Gasteiger charge is 2.31. The highest BCUT2D eigenvalue weighted by Crippen LogP contribution is 2.17. The van der Waals surface area contributed by atoms with Crippen LogP contribution in [0.2, 0.25) is 0 Å². The minimum Gasteiger partial charge on any atom is -0.380 e. The molecule has 0 saturated carbocycles. The van der Waals surface area contributed by atoms with Crippen LogP contribution in [0.25, 0.3) is 0 Å². The first-order valence-corrected chi connectivity index (χ1v) is 6.53. The molecule has 2 rings (SSSR count). The van der Waals surface area contributed by atoms with Gasteiger partial charge in [-0.2, -0.15) is 0 Å². The second-order valence-electron chi connectivity index (χ2n) is 4.69. The van der Waals surface area contributed by atoms with Crippen LogP contribution in [0.4, 0.5) is 0 Å². The van der Waals surface area contributed by atoms with E-state index in [2.05, 4.69) is 17.1 Å². The summed E-state index contributed by atoms with van der Waals surface area (Å²) in [6, 6.07) is 1.16. The van der Waals surface area contributed by atoms with Gasteiger partial charge >= 0.3 is 0 Å². The summed E-state index contributed by atoms with van der Waals surface area (Å²) in [5, 5.41) is 3.50. The highest BCUT2D eigenvalue weighted by atomic mass is 16.5. The fourth-order valence-corrected chi connectivity index (χ4v) is 2.55. The van der Waals surface area contributed by atoms with Gasteiger partial charge in [-0.1, -0.05) is 6.92 Å². The summed E-state index contributed by atoms with van der Waals surface area (Å²) in [5.74, 6) is 0. The maximum atomic E-state index is 5.58. The normalized spacial score (nSPS) is 32.1. The van der Waals surface area contributed by atoms with E-state index in [4.69, 9.17) is 9.47 Å². The summed E-state index contributed by atoms with van der Waals surface area (Å²) in [6.07, 6.45) is 2.38. The third-order valence-electron chi connectivity index (χ3n) is 3.45. The minimum atomic E-state index is 0.534. The monoisotopic (exact) mass is 228 g/mol. The van der Waals surface area contributed by atoms with E-state index in [1.807, 2.05) is 0 Å². The van der Waals surface area contributed by atoms with E-state index in [1.54, 1.807) is 0 Å². The Kier molecular flexibility index (Phi) is 5.03. The molecule has 4 nitrogen and oxygen atoms in total. The molecule has 2 unspecified atom stereocenters. The van der Waals surface area contributed by atoms with Gasteiger partial charge in [-0.15, -0.1) is 0 Å². The van der Waals surface area contributed by atoms with Crippen molar-refractivity contribution in [2.75, 3.05) is 46.1 Å². The van der Waals surface area contributed by atoms with E-state index in [0.29, 0.717) is 12.1 Å². The fraction of sp³-hybridized carbons (Fsp3) is 1.00. The number of rotatable bonds is 5. The van der Waals surface area contributed by atoms with Crippen molar-refractivity contribution in [3.63, 3.8) is 0 Å². The van der Waals surface area contributed by atoms with Crippen molar-refractivity contribution in [1.82, 2.24) is 10.2 Å². The maximum Gasteiger partial charge on any atom is 0.0635 e. The van der Waals surface area contributed by atoms with Crippen molar-refractivity contribution in [1.29, 1.82) is 0 Å². The second-order valence-corrected chi connectivity index (χ2v) is 4.69. The Balaban J connectivity index is 1.81. The first-order chi connectivity index (χ1) is 7.92. The van der Waals surface area contributed by atoms with Crippen LogP contribution in [-0.4, -0.2) is 63.0 Å². The molecule has 0 aromatic rings. The molecule has 2 atom stereocenters. The summed E-state index contributed by atoms with van der Waals surface area (Å²) in [7, 11) is 0. The maximum absolute atomic E-state index is 5.58. The number of morpholine rings is 1. The molecule has 2 aliphatic heterocycles. The van der Waals surface area contributed by atoms with Crippen LogP contribution in [-0.2, 0) is 9.47 Å². The van der Waals surface area contributed by atoms with Crippen molar-refractivity contribution >= 4 is 0 Å². The predicted octanol–water partition coefficient (Wildman–Crippen LogP) is 0.476. The Hall–Kier alpha value is -0.160. The lowest BCUT2D eigenvalue weighted by molar-refractivity contribution is -0.0293. The zero-order chi connectivity index (χ0) is 11.2. The molecule has 2 saturated heterocycles.